The van der Waals surface area contributed by atoms with Gasteiger partial charge in [-0.1, -0.05) is 24.2 Å². The highest BCUT2D eigenvalue weighted by atomic mass is 32.2. The van der Waals surface area contributed by atoms with E-state index in [1.165, 1.54) is 22.7 Å². The maximum Gasteiger partial charge on any atom is 0.243 e. The van der Waals surface area contributed by atoms with E-state index >= 15 is 0 Å². The zero-order valence-electron chi connectivity index (χ0n) is 18.3. The summed E-state index contributed by atoms with van der Waals surface area (Å²) in [6.45, 7) is 1.06. The second-order valence-electron chi connectivity index (χ2n) is 7.77. The fourth-order valence-electron chi connectivity index (χ4n) is 3.53. The predicted molar refractivity (Wildman–Crippen MR) is 131 cm³/mol. The largest absolute Gasteiger partial charge is 0.326 e. The first kappa shape index (κ1) is 24.0. The van der Waals surface area contributed by atoms with Crippen molar-refractivity contribution in [3.63, 3.8) is 0 Å². The van der Waals surface area contributed by atoms with Gasteiger partial charge in [-0.3, -0.25) is 14.6 Å². The van der Waals surface area contributed by atoms with Gasteiger partial charge in [-0.05, 0) is 43.2 Å². The minimum Gasteiger partial charge on any atom is -0.326 e. The summed E-state index contributed by atoms with van der Waals surface area (Å²) in [6, 6.07) is 9.67. The molecule has 4 rings (SSSR count). The van der Waals surface area contributed by atoms with Gasteiger partial charge in [0.2, 0.25) is 21.8 Å². The second kappa shape index (κ2) is 10.9. The van der Waals surface area contributed by atoms with Crippen molar-refractivity contribution in [2.75, 3.05) is 18.4 Å². The van der Waals surface area contributed by atoms with E-state index in [1.807, 2.05) is 6.07 Å². The number of pyridine rings is 1. The summed E-state index contributed by atoms with van der Waals surface area (Å²) in [5.41, 5.74) is 1.23. The number of anilines is 1. The number of carbonyl (C=O) groups is 2. The van der Waals surface area contributed by atoms with Crippen LogP contribution in [0, 0.1) is 0 Å². The molecule has 0 saturated carbocycles. The Morgan fingerprint density at radius 3 is 2.68 bits per heavy atom. The van der Waals surface area contributed by atoms with E-state index in [4.69, 9.17) is 0 Å². The third-order valence-corrected chi connectivity index (χ3v) is 8.26. The van der Waals surface area contributed by atoms with Gasteiger partial charge in [0.1, 0.15) is 5.25 Å². The van der Waals surface area contributed by atoms with Crippen molar-refractivity contribution in [3.05, 3.63) is 54.4 Å². The second-order valence-corrected chi connectivity index (χ2v) is 10.9. The van der Waals surface area contributed by atoms with Crippen LogP contribution in [0.15, 0.2) is 63.9 Å². The number of piperidine rings is 1. The number of benzene rings is 1. The number of nitrogens with zero attached hydrogens (tertiary/aromatic N) is 4. The van der Waals surface area contributed by atoms with E-state index < -0.39 is 15.3 Å². The van der Waals surface area contributed by atoms with Crippen LogP contribution < -0.4 is 10.6 Å². The van der Waals surface area contributed by atoms with E-state index in [2.05, 4.69) is 25.8 Å². The van der Waals surface area contributed by atoms with Gasteiger partial charge in [0.05, 0.1) is 11.1 Å². The van der Waals surface area contributed by atoms with Gasteiger partial charge >= 0.3 is 0 Å². The van der Waals surface area contributed by atoms with Crippen molar-refractivity contribution in [1.82, 2.24) is 14.6 Å². The molecule has 0 unspecified atom stereocenters. The standard InChI is InChI=1S/C22H24N6O4S2/c29-20(13-19-21(30)26-22(33-19)27-24-15-16-5-4-10-23-14-16)25-17-6-8-18(9-7-17)34(31,32)28-11-2-1-3-12-28/h4-10,14-15,19H,1-3,11-13H2,(H,25,29)(H,26,27,30)/b24-15-/t19-/m1/s1. The Morgan fingerprint density at radius 1 is 1.21 bits per heavy atom. The quantitative estimate of drug-likeness (QED) is 0.442. The average Bonchev–Trinajstić information content (AvgIpc) is 3.19. The van der Waals surface area contributed by atoms with Crippen LogP contribution in [-0.4, -0.2) is 59.2 Å². The maximum atomic E-state index is 12.7. The maximum absolute atomic E-state index is 12.7. The summed E-state index contributed by atoms with van der Waals surface area (Å²) in [5.74, 6) is -0.683. The third-order valence-electron chi connectivity index (χ3n) is 5.28. The van der Waals surface area contributed by atoms with Crippen molar-refractivity contribution in [1.29, 1.82) is 0 Å². The molecule has 0 aliphatic carbocycles. The first-order valence-electron chi connectivity index (χ1n) is 10.8. The number of aromatic nitrogens is 1. The number of hydrogen-bond donors (Lipinski definition) is 2. The summed E-state index contributed by atoms with van der Waals surface area (Å²) in [4.78, 5) is 28.8. The highest BCUT2D eigenvalue weighted by molar-refractivity contribution is 8.15. The predicted octanol–water partition coefficient (Wildman–Crippen LogP) is 2.21. The topological polar surface area (TPSA) is 133 Å². The molecule has 1 aromatic heterocycles. The number of thioether (sulfide) groups is 1. The van der Waals surface area contributed by atoms with Crippen molar-refractivity contribution in [2.24, 2.45) is 10.2 Å². The Morgan fingerprint density at radius 2 is 1.97 bits per heavy atom. The zero-order valence-corrected chi connectivity index (χ0v) is 19.9. The lowest BCUT2D eigenvalue weighted by Crippen LogP contribution is -2.35. The van der Waals surface area contributed by atoms with Gasteiger partial charge in [-0.2, -0.15) is 9.41 Å². The summed E-state index contributed by atoms with van der Waals surface area (Å²) in [6.07, 6.45) is 7.51. The summed E-state index contributed by atoms with van der Waals surface area (Å²) in [7, 11) is -3.53. The zero-order chi connectivity index (χ0) is 24.0. The van der Waals surface area contributed by atoms with E-state index in [-0.39, 0.29) is 23.1 Å². The average molecular weight is 501 g/mol. The molecule has 34 heavy (non-hydrogen) atoms. The molecule has 1 aromatic carbocycles. The Bertz CT molecular complexity index is 1190. The molecular weight excluding hydrogens is 476 g/mol. The molecule has 10 nitrogen and oxygen atoms in total. The third kappa shape index (κ3) is 6.07. The van der Waals surface area contributed by atoms with Gasteiger partial charge < -0.3 is 10.6 Å². The molecule has 0 spiro atoms. The molecule has 2 N–H and O–H groups in total. The van der Waals surface area contributed by atoms with Gasteiger partial charge in [0.15, 0.2) is 5.17 Å². The SMILES string of the molecule is O=C(C[C@H]1S/C(=N\N=C/c2cccnc2)NC1=O)Nc1ccc(S(=O)(=O)N2CCCCC2)cc1. The van der Waals surface area contributed by atoms with Gasteiger partial charge in [-0.25, -0.2) is 8.42 Å². The van der Waals surface area contributed by atoms with Crippen LogP contribution in [0.25, 0.3) is 0 Å². The van der Waals surface area contributed by atoms with Crippen LogP contribution in [0.1, 0.15) is 31.2 Å². The summed E-state index contributed by atoms with van der Waals surface area (Å²) in [5, 5.41) is 12.9. The highest BCUT2D eigenvalue weighted by Crippen LogP contribution is 2.24. The van der Waals surface area contributed by atoms with Crippen LogP contribution in [0.2, 0.25) is 0 Å². The van der Waals surface area contributed by atoms with Crippen LogP contribution >= 0.6 is 11.8 Å². The van der Waals surface area contributed by atoms with E-state index in [1.54, 1.807) is 30.6 Å². The molecule has 2 amide bonds. The van der Waals surface area contributed by atoms with E-state index in [9.17, 15) is 18.0 Å². The van der Waals surface area contributed by atoms with Gasteiger partial charge in [0, 0.05) is 43.2 Å². The molecule has 2 aliphatic rings. The molecule has 0 bridgehead atoms. The van der Waals surface area contributed by atoms with Crippen LogP contribution in [0.5, 0.6) is 0 Å². The number of amidine groups is 1. The Labute approximate surface area is 202 Å². The molecule has 2 fully saturated rings. The molecule has 178 valence electrons. The number of rotatable bonds is 7. The van der Waals surface area contributed by atoms with Crippen LogP contribution in [0.4, 0.5) is 5.69 Å². The Hall–Kier alpha value is -3.09. The summed E-state index contributed by atoms with van der Waals surface area (Å²) < 4.78 is 27.0. The van der Waals surface area contributed by atoms with Gasteiger partial charge in [-0.15, -0.1) is 5.10 Å². The molecule has 2 aromatic rings. The van der Waals surface area contributed by atoms with Crippen molar-refractivity contribution >= 4 is 50.7 Å². The Kier molecular flexibility index (Phi) is 7.70. The number of sulfonamides is 1. The smallest absolute Gasteiger partial charge is 0.243 e. The molecule has 3 heterocycles. The molecule has 2 aliphatic heterocycles. The molecular formula is C22H24N6O4S2. The van der Waals surface area contributed by atoms with Crippen LogP contribution in [0.3, 0.4) is 0 Å². The number of carbonyl (C=O) groups excluding carboxylic acids is 2. The van der Waals surface area contributed by atoms with Crippen LogP contribution in [-0.2, 0) is 19.6 Å². The minimum absolute atomic E-state index is 0.0599. The molecule has 12 heteroatoms. The number of hydrogen-bond acceptors (Lipinski definition) is 8. The van der Waals surface area contributed by atoms with E-state index in [0.29, 0.717) is 23.9 Å². The lowest BCUT2D eigenvalue weighted by atomic mass is 10.2. The first-order valence-corrected chi connectivity index (χ1v) is 13.1. The highest BCUT2D eigenvalue weighted by Gasteiger charge is 2.32. The van der Waals surface area contributed by atoms with Crippen molar-refractivity contribution in [2.45, 2.75) is 35.8 Å². The molecule has 2 saturated heterocycles. The molecule has 0 radical (unpaired) electrons. The fraction of sp³-hybridized carbons (Fsp3) is 0.318. The van der Waals surface area contributed by atoms with Crippen molar-refractivity contribution in [3.8, 4) is 0 Å². The normalized spacial score (nSPS) is 20.5. The number of nitrogens with one attached hydrogen (secondary N) is 2. The fourth-order valence-corrected chi connectivity index (χ4v) is 5.97. The summed E-state index contributed by atoms with van der Waals surface area (Å²) >= 11 is 1.13. The lowest BCUT2D eigenvalue weighted by Gasteiger charge is -2.25. The molecule has 1 atom stereocenters. The number of amides is 2. The lowest BCUT2D eigenvalue weighted by molar-refractivity contribution is -0.122. The Balaban J connectivity index is 1.30. The van der Waals surface area contributed by atoms with E-state index in [0.717, 1.165) is 36.6 Å². The van der Waals surface area contributed by atoms with Gasteiger partial charge in [0.25, 0.3) is 0 Å². The van der Waals surface area contributed by atoms with Crippen molar-refractivity contribution < 1.29 is 18.0 Å². The minimum atomic E-state index is -3.53. The first-order chi connectivity index (χ1) is 16.4. The monoisotopic (exact) mass is 500 g/mol.